The molecule has 2 aromatic rings. The van der Waals surface area contributed by atoms with Gasteiger partial charge in [-0.15, -0.1) is 0 Å². The molecule has 0 saturated heterocycles. The first kappa shape index (κ1) is 24.2. The number of amides is 1. The summed E-state index contributed by atoms with van der Waals surface area (Å²) in [6.45, 7) is 5.39. The molecule has 2 N–H and O–H groups in total. The van der Waals surface area contributed by atoms with Crippen molar-refractivity contribution in [3.05, 3.63) is 65.2 Å². The first-order valence-electron chi connectivity index (χ1n) is 10.6. The van der Waals surface area contributed by atoms with Crippen LogP contribution in [0, 0.1) is 0 Å². The Morgan fingerprint density at radius 3 is 2.29 bits per heavy atom. The van der Waals surface area contributed by atoms with Crippen molar-refractivity contribution in [2.24, 2.45) is 4.99 Å². The van der Waals surface area contributed by atoms with E-state index in [1.807, 2.05) is 55.5 Å². The van der Waals surface area contributed by atoms with Gasteiger partial charge >= 0.3 is 0 Å². The number of hydrogen-bond donors (Lipinski definition) is 2. The van der Waals surface area contributed by atoms with Crippen molar-refractivity contribution >= 4 is 11.9 Å². The topological polar surface area (TPSA) is 75.2 Å². The fourth-order valence-electron chi connectivity index (χ4n) is 2.82. The van der Waals surface area contributed by atoms with Gasteiger partial charge in [0.05, 0.1) is 20.3 Å². The minimum absolute atomic E-state index is 0.000679. The van der Waals surface area contributed by atoms with Crippen molar-refractivity contribution < 1.29 is 14.3 Å². The SMILES string of the molecule is CCNC(=NCc1ccc(C(=O)N(C)C)cc1)NCCCOCc1ccc(OC)cc1. The largest absolute Gasteiger partial charge is 0.497 e. The second-order valence-corrected chi connectivity index (χ2v) is 7.27. The fraction of sp³-hybridized carbons (Fsp3) is 0.417. The molecule has 0 aliphatic heterocycles. The van der Waals surface area contributed by atoms with Gasteiger partial charge in [0, 0.05) is 39.4 Å². The highest BCUT2D eigenvalue weighted by atomic mass is 16.5. The molecule has 2 rings (SSSR count). The maximum Gasteiger partial charge on any atom is 0.253 e. The molecule has 0 heterocycles. The maximum atomic E-state index is 12.0. The van der Waals surface area contributed by atoms with Crippen LogP contribution < -0.4 is 15.4 Å². The smallest absolute Gasteiger partial charge is 0.253 e. The van der Waals surface area contributed by atoms with E-state index >= 15 is 0 Å². The predicted molar refractivity (Wildman–Crippen MR) is 125 cm³/mol. The van der Waals surface area contributed by atoms with Crippen molar-refractivity contribution in [2.45, 2.75) is 26.5 Å². The lowest BCUT2D eigenvalue weighted by molar-refractivity contribution is 0.0827. The molecule has 0 aromatic heterocycles. The number of aliphatic imine (C=N–C) groups is 1. The highest BCUT2D eigenvalue weighted by molar-refractivity contribution is 5.93. The molecule has 0 radical (unpaired) electrons. The molecule has 0 spiro atoms. The van der Waals surface area contributed by atoms with E-state index in [9.17, 15) is 4.79 Å². The third-order valence-corrected chi connectivity index (χ3v) is 4.56. The van der Waals surface area contributed by atoms with Crippen LogP contribution in [0.5, 0.6) is 5.75 Å². The molecule has 1 amide bonds. The van der Waals surface area contributed by atoms with Crippen molar-refractivity contribution in [3.63, 3.8) is 0 Å². The molecule has 0 unspecified atom stereocenters. The van der Waals surface area contributed by atoms with E-state index in [1.165, 1.54) is 0 Å². The van der Waals surface area contributed by atoms with Crippen LogP contribution in [-0.4, -0.2) is 57.7 Å². The molecule has 2 aromatic carbocycles. The molecule has 0 aliphatic carbocycles. The number of methoxy groups -OCH3 is 1. The summed E-state index contributed by atoms with van der Waals surface area (Å²) in [5, 5.41) is 6.58. The third kappa shape index (κ3) is 8.68. The normalized spacial score (nSPS) is 11.2. The molecule has 31 heavy (non-hydrogen) atoms. The van der Waals surface area contributed by atoms with Gasteiger partial charge in [-0.1, -0.05) is 24.3 Å². The number of benzene rings is 2. The molecular weight excluding hydrogens is 392 g/mol. The highest BCUT2D eigenvalue weighted by Gasteiger charge is 2.07. The van der Waals surface area contributed by atoms with Crippen LogP contribution in [0.2, 0.25) is 0 Å². The Balaban J connectivity index is 1.72. The van der Waals surface area contributed by atoms with Crippen LogP contribution in [-0.2, 0) is 17.9 Å². The Labute approximate surface area is 185 Å². The highest BCUT2D eigenvalue weighted by Crippen LogP contribution is 2.12. The van der Waals surface area contributed by atoms with E-state index in [2.05, 4.69) is 15.6 Å². The number of carbonyl (C=O) groups is 1. The summed E-state index contributed by atoms with van der Waals surface area (Å²) < 4.78 is 10.9. The third-order valence-electron chi connectivity index (χ3n) is 4.56. The Hall–Kier alpha value is -3.06. The summed E-state index contributed by atoms with van der Waals surface area (Å²) in [5.74, 6) is 1.62. The van der Waals surface area contributed by atoms with Crippen molar-refractivity contribution in [3.8, 4) is 5.75 Å². The summed E-state index contributed by atoms with van der Waals surface area (Å²) in [6.07, 6.45) is 0.877. The molecule has 0 saturated carbocycles. The van der Waals surface area contributed by atoms with E-state index in [0.29, 0.717) is 25.3 Å². The second kappa shape index (κ2) is 13.3. The van der Waals surface area contributed by atoms with Crippen LogP contribution in [0.1, 0.15) is 34.8 Å². The van der Waals surface area contributed by atoms with Crippen LogP contribution in [0.25, 0.3) is 0 Å². The molecule has 168 valence electrons. The van der Waals surface area contributed by atoms with Gasteiger partial charge in [-0.3, -0.25) is 4.79 Å². The number of hydrogen-bond acceptors (Lipinski definition) is 4. The lowest BCUT2D eigenvalue weighted by Crippen LogP contribution is -2.38. The molecule has 0 bridgehead atoms. The number of nitrogens with zero attached hydrogens (tertiary/aromatic N) is 2. The Bertz CT molecular complexity index is 818. The Morgan fingerprint density at radius 2 is 1.68 bits per heavy atom. The van der Waals surface area contributed by atoms with E-state index in [4.69, 9.17) is 9.47 Å². The molecule has 0 atom stereocenters. The van der Waals surface area contributed by atoms with Crippen molar-refractivity contribution in [1.29, 1.82) is 0 Å². The fourth-order valence-corrected chi connectivity index (χ4v) is 2.82. The summed E-state index contributed by atoms with van der Waals surface area (Å²) >= 11 is 0. The van der Waals surface area contributed by atoms with Gasteiger partial charge in [0.25, 0.3) is 5.91 Å². The quantitative estimate of drug-likeness (QED) is 0.328. The van der Waals surface area contributed by atoms with Gasteiger partial charge in [0.15, 0.2) is 5.96 Å². The van der Waals surface area contributed by atoms with Gasteiger partial charge in [0.2, 0.25) is 0 Å². The minimum Gasteiger partial charge on any atom is -0.497 e. The average Bonchev–Trinajstić information content (AvgIpc) is 2.79. The zero-order chi connectivity index (χ0) is 22.5. The molecule has 0 aliphatic rings. The van der Waals surface area contributed by atoms with Gasteiger partial charge in [-0.25, -0.2) is 4.99 Å². The number of nitrogens with one attached hydrogen (secondary N) is 2. The van der Waals surface area contributed by atoms with E-state index in [0.717, 1.165) is 42.3 Å². The minimum atomic E-state index is -0.000679. The summed E-state index contributed by atoms with van der Waals surface area (Å²) in [5.41, 5.74) is 2.86. The van der Waals surface area contributed by atoms with Crippen molar-refractivity contribution in [2.75, 3.05) is 40.9 Å². The van der Waals surface area contributed by atoms with Gasteiger partial charge in [-0.05, 0) is 48.7 Å². The van der Waals surface area contributed by atoms with Crippen molar-refractivity contribution in [1.82, 2.24) is 15.5 Å². The predicted octanol–water partition coefficient (Wildman–Crippen LogP) is 3.06. The maximum absolute atomic E-state index is 12.0. The summed E-state index contributed by atoms with van der Waals surface area (Å²) in [7, 11) is 5.16. The number of rotatable bonds is 11. The lowest BCUT2D eigenvalue weighted by atomic mass is 10.1. The molecule has 7 heteroatoms. The van der Waals surface area contributed by atoms with E-state index in [-0.39, 0.29) is 5.91 Å². The van der Waals surface area contributed by atoms with E-state index in [1.54, 1.807) is 26.1 Å². The molecule has 7 nitrogen and oxygen atoms in total. The Morgan fingerprint density at radius 1 is 1.00 bits per heavy atom. The first-order chi connectivity index (χ1) is 15.0. The van der Waals surface area contributed by atoms with Crippen LogP contribution in [0.4, 0.5) is 0 Å². The summed E-state index contributed by atoms with van der Waals surface area (Å²) in [4.78, 5) is 18.2. The molecule has 0 fully saturated rings. The summed E-state index contributed by atoms with van der Waals surface area (Å²) in [6, 6.07) is 15.5. The van der Waals surface area contributed by atoms with Gasteiger partial charge < -0.3 is 25.0 Å². The van der Waals surface area contributed by atoms with E-state index < -0.39 is 0 Å². The van der Waals surface area contributed by atoms with Crippen LogP contribution >= 0.6 is 0 Å². The van der Waals surface area contributed by atoms with Gasteiger partial charge in [0.1, 0.15) is 5.75 Å². The monoisotopic (exact) mass is 426 g/mol. The molecular formula is C24H34N4O3. The number of ether oxygens (including phenoxy) is 2. The van der Waals surface area contributed by atoms with Gasteiger partial charge in [-0.2, -0.15) is 0 Å². The van der Waals surface area contributed by atoms with Crippen LogP contribution in [0.15, 0.2) is 53.5 Å². The number of carbonyl (C=O) groups excluding carboxylic acids is 1. The second-order valence-electron chi connectivity index (χ2n) is 7.27. The zero-order valence-corrected chi connectivity index (χ0v) is 19.0. The first-order valence-corrected chi connectivity index (χ1v) is 10.6. The van der Waals surface area contributed by atoms with Crippen LogP contribution in [0.3, 0.4) is 0 Å². The zero-order valence-electron chi connectivity index (χ0n) is 19.0. The number of guanidine groups is 1. The Kier molecular flexibility index (Phi) is 10.4. The standard InChI is InChI=1S/C24H34N4O3/c1-5-25-24(27-17-19-7-11-21(12-8-19)23(29)28(2)3)26-15-6-16-31-18-20-9-13-22(30-4)14-10-20/h7-14H,5-6,15-18H2,1-4H3,(H2,25,26,27). The lowest BCUT2D eigenvalue weighted by Gasteiger charge is -2.12. The average molecular weight is 427 g/mol.